The Balaban J connectivity index is 2.50. The number of nitrogens with zero attached hydrogens (tertiary/aromatic N) is 3. The summed E-state index contributed by atoms with van der Waals surface area (Å²) in [5, 5.41) is 6.99. The first-order valence-corrected chi connectivity index (χ1v) is 5.56. The van der Waals surface area contributed by atoms with Crippen molar-refractivity contribution in [2.45, 2.75) is 18.5 Å². The van der Waals surface area contributed by atoms with Crippen molar-refractivity contribution < 1.29 is 13.2 Å². The van der Waals surface area contributed by atoms with E-state index in [0.29, 0.717) is 5.69 Å². The van der Waals surface area contributed by atoms with Gasteiger partial charge in [-0.25, -0.2) is 4.68 Å². The van der Waals surface area contributed by atoms with Crippen LogP contribution in [0.4, 0.5) is 13.2 Å². The minimum Gasteiger partial charge on any atom is -0.220 e. The number of benzene rings is 1. The molecular formula is C11H9ClF3N3. The van der Waals surface area contributed by atoms with Gasteiger partial charge in [-0.1, -0.05) is 17.3 Å². The molecule has 0 radical (unpaired) electrons. The molecule has 1 aromatic carbocycles. The zero-order chi connectivity index (χ0) is 13.3. The molecule has 0 saturated carbocycles. The normalized spacial score (nSPS) is 13.6. The van der Waals surface area contributed by atoms with Gasteiger partial charge in [0.05, 0.1) is 22.8 Å². The van der Waals surface area contributed by atoms with Crippen LogP contribution in [0.3, 0.4) is 0 Å². The summed E-state index contributed by atoms with van der Waals surface area (Å²) < 4.78 is 39.5. The minimum atomic E-state index is -4.44. The van der Waals surface area contributed by atoms with Gasteiger partial charge in [0.2, 0.25) is 0 Å². The molecule has 0 aliphatic rings. The van der Waals surface area contributed by atoms with E-state index in [2.05, 4.69) is 10.3 Å². The van der Waals surface area contributed by atoms with Crippen molar-refractivity contribution in [3.63, 3.8) is 0 Å². The standard InChI is InChI=1S/C11H9ClF3N3/c1-7(12)9-6-18(17-16-9)10-5-3-2-4-8(10)11(13,14)15/h2-7H,1H3. The zero-order valence-electron chi connectivity index (χ0n) is 9.32. The molecule has 1 aromatic heterocycles. The maximum atomic E-state index is 12.8. The lowest BCUT2D eigenvalue weighted by Gasteiger charge is -2.11. The lowest BCUT2D eigenvalue weighted by Crippen LogP contribution is -2.10. The van der Waals surface area contributed by atoms with E-state index in [4.69, 9.17) is 11.6 Å². The smallest absolute Gasteiger partial charge is 0.220 e. The van der Waals surface area contributed by atoms with E-state index in [-0.39, 0.29) is 5.69 Å². The van der Waals surface area contributed by atoms with Crippen molar-refractivity contribution in [3.8, 4) is 5.69 Å². The van der Waals surface area contributed by atoms with E-state index in [0.717, 1.165) is 10.7 Å². The van der Waals surface area contributed by atoms with Crippen LogP contribution < -0.4 is 0 Å². The number of halogens is 4. The Labute approximate surface area is 106 Å². The van der Waals surface area contributed by atoms with Gasteiger partial charge in [-0.15, -0.1) is 16.7 Å². The zero-order valence-corrected chi connectivity index (χ0v) is 10.1. The van der Waals surface area contributed by atoms with Crippen LogP contribution >= 0.6 is 11.6 Å². The fourth-order valence-electron chi connectivity index (χ4n) is 1.49. The van der Waals surface area contributed by atoms with Crippen molar-refractivity contribution in [2.24, 2.45) is 0 Å². The fraction of sp³-hybridized carbons (Fsp3) is 0.273. The monoisotopic (exact) mass is 275 g/mol. The lowest BCUT2D eigenvalue weighted by molar-refractivity contribution is -0.137. The predicted molar refractivity (Wildman–Crippen MR) is 60.6 cm³/mol. The number of hydrogen-bond acceptors (Lipinski definition) is 2. The molecule has 0 aliphatic heterocycles. The molecular weight excluding hydrogens is 267 g/mol. The van der Waals surface area contributed by atoms with E-state index in [1.165, 1.54) is 24.4 Å². The Morgan fingerprint density at radius 1 is 1.28 bits per heavy atom. The quantitative estimate of drug-likeness (QED) is 0.784. The maximum absolute atomic E-state index is 12.8. The largest absolute Gasteiger partial charge is 0.418 e. The van der Waals surface area contributed by atoms with Gasteiger partial charge < -0.3 is 0 Å². The molecule has 0 spiro atoms. The van der Waals surface area contributed by atoms with Gasteiger partial charge in [-0.3, -0.25) is 0 Å². The molecule has 1 atom stereocenters. The van der Waals surface area contributed by atoms with Crippen LogP contribution in [0.1, 0.15) is 23.6 Å². The second-order valence-electron chi connectivity index (χ2n) is 3.72. The van der Waals surface area contributed by atoms with E-state index in [1.54, 1.807) is 6.92 Å². The summed E-state index contributed by atoms with van der Waals surface area (Å²) in [6.45, 7) is 1.67. The summed E-state index contributed by atoms with van der Waals surface area (Å²) in [6.07, 6.45) is -3.04. The van der Waals surface area contributed by atoms with Gasteiger partial charge in [0.1, 0.15) is 5.69 Å². The minimum absolute atomic E-state index is 0.0685. The summed E-state index contributed by atoms with van der Waals surface area (Å²) in [6, 6.07) is 5.17. The average Bonchev–Trinajstić information content (AvgIpc) is 2.77. The molecule has 2 aromatic rings. The van der Waals surface area contributed by atoms with Crippen LogP contribution in [0.25, 0.3) is 5.69 Å². The number of hydrogen-bond donors (Lipinski definition) is 0. The van der Waals surface area contributed by atoms with Gasteiger partial charge in [0, 0.05) is 0 Å². The molecule has 0 aliphatic carbocycles. The molecule has 7 heteroatoms. The third kappa shape index (κ3) is 2.48. The lowest BCUT2D eigenvalue weighted by atomic mass is 10.1. The molecule has 18 heavy (non-hydrogen) atoms. The fourth-order valence-corrected chi connectivity index (χ4v) is 1.59. The average molecular weight is 276 g/mol. The van der Waals surface area contributed by atoms with E-state index in [1.807, 2.05) is 0 Å². The number of aromatic nitrogens is 3. The summed E-state index contributed by atoms with van der Waals surface area (Å²) in [4.78, 5) is 0. The van der Waals surface area contributed by atoms with Crippen LogP contribution in [-0.4, -0.2) is 15.0 Å². The van der Waals surface area contributed by atoms with Gasteiger partial charge >= 0.3 is 6.18 Å². The first-order chi connectivity index (χ1) is 8.39. The number of alkyl halides is 4. The molecule has 96 valence electrons. The van der Waals surface area contributed by atoms with Crippen molar-refractivity contribution >= 4 is 11.6 Å². The summed E-state index contributed by atoms with van der Waals surface area (Å²) in [5.41, 5.74) is -0.404. The van der Waals surface area contributed by atoms with Gasteiger partial charge in [0.25, 0.3) is 0 Å². The molecule has 1 unspecified atom stereocenters. The van der Waals surface area contributed by atoms with Crippen LogP contribution in [0.2, 0.25) is 0 Å². The van der Waals surface area contributed by atoms with Crippen molar-refractivity contribution in [3.05, 3.63) is 41.7 Å². The molecule has 1 heterocycles. The van der Waals surface area contributed by atoms with Crippen LogP contribution in [0.5, 0.6) is 0 Å². The first kappa shape index (κ1) is 12.9. The molecule has 0 saturated heterocycles. The topological polar surface area (TPSA) is 30.7 Å². The molecule has 0 amide bonds. The Bertz CT molecular complexity index is 548. The molecule has 3 nitrogen and oxygen atoms in total. The van der Waals surface area contributed by atoms with Crippen LogP contribution in [0.15, 0.2) is 30.5 Å². The van der Waals surface area contributed by atoms with Gasteiger partial charge in [0.15, 0.2) is 0 Å². The van der Waals surface area contributed by atoms with Crippen molar-refractivity contribution in [1.29, 1.82) is 0 Å². The third-order valence-electron chi connectivity index (χ3n) is 2.37. The summed E-state index contributed by atoms with van der Waals surface area (Å²) in [7, 11) is 0. The Morgan fingerprint density at radius 3 is 2.50 bits per heavy atom. The van der Waals surface area contributed by atoms with Gasteiger partial charge in [-0.05, 0) is 19.1 Å². The second kappa shape index (κ2) is 4.61. The summed E-state index contributed by atoms with van der Waals surface area (Å²) >= 11 is 5.80. The molecule has 2 rings (SSSR count). The Kier molecular flexibility index (Phi) is 3.30. The van der Waals surface area contributed by atoms with Crippen LogP contribution in [-0.2, 0) is 6.18 Å². The predicted octanol–water partition coefficient (Wildman–Crippen LogP) is 3.59. The number of para-hydroxylation sites is 1. The molecule has 0 fully saturated rings. The Hall–Kier alpha value is -1.56. The highest BCUT2D eigenvalue weighted by atomic mass is 35.5. The summed E-state index contributed by atoms with van der Waals surface area (Å²) in [5.74, 6) is 0. The maximum Gasteiger partial charge on any atom is 0.418 e. The van der Waals surface area contributed by atoms with E-state index >= 15 is 0 Å². The first-order valence-electron chi connectivity index (χ1n) is 5.12. The molecule has 0 bridgehead atoms. The van der Waals surface area contributed by atoms with E-state index < -0.39 is 17.1 Å². The highest BCUT2D eigenvalue weighted by Gasteiger charge is 2.34. The van der Waals surface area contributed by atoms with Crippen molar-refractivity contribution in [1.82, 2.24) is 15.0 Å². The van der Waals surface area contributed by atoms with Gasteiger partial charge in [-0.2, -0.15) is 13.2 Å². The third-order valence-corrected chi connectivity index (χ3v) is 2.60. The highest BCUT2D eigenvalue weighted by molar-refractivity contribution is 6.20. The van der Waals surface area contributed by atoms with E-state index in [9.17, 15) is 13.2 Å². The SMILES string of the molecule is CC(Cl)c1cn(-c2ccccc2C(F)(F)F)nn1. The van der Waals surface area contributed by atoms with Crippen molar-refractivity contribution in [2.75, 3.05) is 0 Å². The second-order valence-corrected chi connectivity index (χ2v) is 4.37. The Morgan fingerprint density at radius 2 is 1.94 bits per heavy atom. The number of rotatable bonds is 2. The van der Waals surface area contributed by atoms with Crippen LogP contribution in [0, 0.1) is 0 Å². The molecule has 0 N–H and O–H groups in total. The highest BCUT2D eigenvalue weighted by Crippen LogP contribution is 2.33.